The zero-order chi connectivity index (χ0) is 13.3. The number of hydrogen-bond acceptors (Lipinski definition) is 5. The maximum absolute atomic E-state index is 11.8. The van der Waals surface area contributed by atoms with Crippen LogP contribution in [0.4, 0.5) is 0 Å². The Balaban J connectivity index is 2.65. The molecule has 1 heterocycles. The van der Waals surface area contributed by atoms with Gasteiger partial charge in [0.2, 0.25) is 0 Å². The van der Waals surface area contributed by atoms with Gasteiger partial charge in [-0.1, -0.05) is 0 Å². The van der Waals surface area contributed by atoms with Crippen molar-refractivity contribution >= 4 is 16.9 Å². The Kier molecular flexibility index (Phi) is 3.06. The third kappa shape index (κ3) is 2.07. The Bertz CT molecular complexity index is 669. The van der Waals surface area contributed by atoms with Crippen molar-refractivity contribution in [2.45, 2.75) is 13.3 Å². The number of aromatic hydroxyl groups is 1. The summed E-state index contributed by atoms with van der Waals surface area (Å²) in [6.45, 7) is 1.73. The minimum absolute atomic E-state index is 0.0192. The van der Waals surface area contributed by atoms with Crippen LogP contribution in [0.15, 0.2) is 27.4 Å². The Morgan fingerprint density at radius 3 is 2.83 bits per heavy atom. The van der Waals surface area contributed by atoms with Crippen LogP contribution in [0.25, 0.3) is 11.0 Å². The Morgan fingerprint density at radius 1 is 1.44 bits per heavy atom. The van der Waals surface area contributed by atoms with Gasteiger partial charge in [-0.2, -0.15) is 0 Å². The van der Waals surface area contributed by atoms with Crippen LogP contribution in [0.1, 0.15) is 11.1 Å². The molecule has 0 saturated heterocycles. The number of aryl methyl sites for hydroxylation is 1. The highest BCUT2D eigenvalue weighted by Gasteiger charge is 2.15. The van der Waals surface area contributed by atoms with E-state index in [1.807, 2.05) is 0 Å². The number of fused-ring (bicyclic) bond motifs is 1. The minimum Gasteiger partial charge on any atom is -0.508 e. The lowest BCUT2D eigenvalue weighted by Gasteiger charge is -2.06. The summed E-state index contributed by atoms with van der Waals surface area (Å²) in [6.07, 6.45) is -0.124. The summed E-state index contributed by atoms with van der Waals surface area (Å²) in [7, 11) is 1.26. The number of rotatable bonds is 2. The lowest BCUT2D eigenvalue weighted by molar-refractivity contribution is -0.139. The van der Waals surface area contributed by atoms with Crippen molar-refractivity contribution in [3.05, 3.63) is 39.7 Å². The average molecular weight is 248 g/mol. The molecule has 0 fully saturated rings. The Morgan fingerprint density at radius 2 is 2.17 bits per heavy atom. The van der Waals surface area contributed by atoms with Gasteiger partial charge in [-0.05, 0) is 24.6 Å². The third-order valence-corrected chi connectivity index (χ3v) is 2.82. The molecule has 0 aliphatic heterocycles. The number of ether oxygens (including phenoxy) is 1. The van der Waals surface area contributed by atoms with E-state index in [1.165, 1.54) is 19.2 Å². The molecule has 0 saturated carbocycles. The fourth-order valence-electron chi connectivity index (χ4n) is 1.80. The third-order valence-electron chi connectivity index (χ3n) is 2.82. The molecule has 0 radical (unpaired) electrons. The second-order valence-corrected chi connectivity index (χ2v) is 3.93. The summed E-state index contributed by atoms with van der Waals surface area (Å²) in [6, 6.07) is 4.51. The van der Waals surface area contributed by atoms with Gasteiger partial charge in [-0.25, -0.2) is 4.79 Å². The van der Waals surface area contributed by atoms with Crippen LogP contribution in [0, 0.1) is 6.92 Å². The van der Waals surface area contributed by atoms with Crippen LogP contribution in [-0.2, 0) is 16.0 Å². The molecule has 0 unspecified atom stereocenters. The van der Waals surface area contributed by atoms with Crippen molar-refractivity contribution in [3.8, 4) is 5.75 Å². The first-order valence-corrected chi connectivity index (χ1v) is 5.35. The van der Waals surface area contributed by atoms with Crippen molar-refractivity contribution in [1.82, 2.24) is 0 Å². The largest absolute Gasteiger partial charge is 0.508 e. The summed E-state index contributed by atoms with van der Waals surface area (Å²) in [4.78, 5) is 23.0. The molecule has 2 aromatic rings. The molecule has 1 N–H and O–H groups in total. The fourth-order valence-corrected chi connectivity index (χ4v) is 1.80. The summed E-state index contributed by atoms with van der Waals surface area (Å²) in [5.41, 5.74) is 0.647. The van der Waals surface area contributed by atoms with Crippen LogP contribution in [0.5, 0.6) is 5.75 Å². The van der Waals surface area contributed by atoms with Crippen molar-refractivity contribution < 1.29 is 19.1 Å². The first-order valence-electron chi connectivity index (χ1n) is 5.35. The summed E-state index contributed by atoms with van der Waals surface area (Å²) >= 11 is 0. The summed E-state index contributed by atoms with van der Waals surface area (Å²) in [5.74, 6) is -0.478. The molecule has 0 spiro atoms. The molecule has 0 aliphatic carbocycles. The number of hydrogen-bond donors (Lipinski definition) is 1. The van der Waals surface area contributed by atoms with E-state index in [1.54, 1.807) is 13.0 Å². The molecule has 1 aromatic carbocycles. The van der Waals surface area contributed by atoms with Gasteiger partial charge in [0.25, 0.3) is 0 Å². The Hall–Kier alpha value is -2.30. The van der Waals surface area contributed by atoms with Crippen LogP contribution >= 0.6 is 0 Å². The monoisotopic (exact) mass is 248 g/mol. The first kappa shape index (κ1) is 12.2. The number of carbonyl (C=O) groups excluding carboxylic acids is 1. The zero-order valence-corrected chi connectivity index (χ0v) is 10.0. The standard InChI is InChI=1S/C13H12O5/c1-7-9-4-3-8(14)5-11(9)18-13(16)10(7)6-12(15)17-2/h3-5,14H,6H2,1-2H3. The van der Waals surface area contributed by atoms with Crippen molar-refractivity contribution in [3.63, 3.8) is 0 Å². The van der Waals surface area contributed by atoms with Gasteiger partial charge in [0.05, 0.1) is 19.1 Å². The van der Waals surface area contributed by atoms with Crippen molar-refractivity contribution in [1.29, 1.82) is 0 Å². The summed E-state index contributed by atoms with van der Waals surface area (Å²) < 4.78 is 9.61. The van der Waals surface area contributed by atoms with Crippen molar-refractivity contribution in [2.24, 2.45) is 0 Å². The molecular weight excluding hydrogens is 236 g/mol. The second-order valence-electron chi connectivity index (χ2n) is 3.93. The first-order chi connectivity index (χ1) is 8.52. The number of phenolic OH excluding ortho intramolecular Hbond substituents is 1. The van der Waals surface area contributed by atoms with Crippen LogP contribution < -0.4 is 5.63 Å². The number of methoxy groups -OCH3 is 1. The van der Waals surface area contributed by atoms with E-state index >= 15 is 0 Å². The molecular formula is C13H12O5. The second kappa shape index (κ2) is 4.52. The molecule has 0 aliphatic rings. The molecule has 94 valence electrons. The molecule has 0 atom stereocenters. The van der Waals surface area contributed by atoms with Gasteiger partial charge in [0.15, 0.2) is 0 Å². The van der Waals surface area contributed by atoms with Crippen molar-refractivity contribution in [2.75, 3.05) is 7.11 Å². The van der Waals surface area contributed by atoms with E-state index in [0.717, 1.165) is 0 Å². The average Bonchev–Trinajstić information content (AvgIpc) is 2.33. The molecule has 18 heavy (non-hydrogen) atoms. The van der Waals surface area contributed by atoms with Crippen LogP contribution in [-0.4, -0.2) is 18.2 Å². The lowest BCUT2D eigenvalue weighted by atomic mass is 10.0. The molecule has 0 amide bonds. The lowest BCUT2D eigenvalue weighted by Crippen LogP contribution is -2.16. The molecule has 5 nitrogen and oxygen atoms in total. The number of esters is 1. The van der Waals surface area contributed by atoms with E-state index in [0.29, 0.717) is 16.5 Å². The van der Waals surface area contributed by atoms with Crippen LogP contribution in [0.3, 0.4) is 0 Å². The smallest absolute Gasteiger partial charge is 0.340 e. The molecule has 5 heteroatoms. The van der Waals surface area contributed by atoms with Gasteiger partial charge < -0.3 is 14.3 Å². The number of phenols is 1. The predicted molar refractivity (Wildman–Crippen MR) is 64.6 cm³/mol. The van der Waals surface area contributed by atoms with E-state index in [2.05, 4.69) is 4.74 Å². The highest BCUT2D eigenvalue weighted by molar-refractivity contribution is 5.84. The van der Waals surface area contributed by atoms with Gasteiger partial charge in [-0.15, -0.1) is 0 Å². The minimum atomic E-state index is -0.587. The molecule has 0 bridgehead atoms. The SMILES string of the molecule is COC(=O)Cc1c(C)c2ccc(O)cc2oc1=O. The normalized spacial score (nSPS) is 10.6. The zero-order valence-electron chi connectivity index (χ0n) is 10.0. The predicted octanol–water partition coefficient (Wildman–Crippen LogP) is 1.52. The van der Waals surface area contributed by atoms with E-state index in [9.17, 15) is 14.7 Å². The maximum atomic E-state index is 11.8. The van der Waals surface area contributed by atoms with E-state index in [4.69, 9.17) is 4.42 Å². The highest BCUT2D eigenvalue weighted by Crippen LogP contribution is 2.23. The fraction of sp³-hybridized carbons (Fsp3) is 0.231. The maximum Gasteiger partial charge on any atom is 0.340 e. The van der Waals surface area contributed by atoms with Crippen LogP contribution in [0.2, 0.25) is 0 Å². The topological polar surface area (TPSA) is 76.7 Å². The molecule has 2 rings (SSSR count). The van der Waals surface area contributed by atoms with Gasteiger partial charge in [0, 0.05) is 11.5 Å². The number of benzene rings is 1. The quantitative estimate of drug-likeness (QED) is 0.644. The highest BCUT2D eigenvalue weighted by atomic mass is 16.5. The van der Waals surface area contributed by atoms with Gasteiger partial charge in [-0.3, -0.25) is 4.79 Å². The van der Waals surface area contributed by atoms with Gasteiger partial charge in [0.1, 0.15) is 11.3 Å². The van der Waals surface area contributed by atoms with E-state index in [-0.39, 0.29) is 17.7 Å². The number of carbonyl (C=O) groups is 1. The summed E-state index contributed by atoms with van der Waals surface area (Å²) in [5, 5.41) is 10.0. The Labute approximate surface area is 103 Å². The van der Waals surface area contributed by atoms with Gasteiger partial charge >= 0.3 is 11.6 Å². The molecule has 1 aromatic heterocycles. The van der Waals surface area contributed by atoms with E-state index < -0.39 is 11.6 Å².